The van der Waals surface area contributed by atoms with Crippen molar-refractivity contribution in [2.75, 3.05) is 36.8 Å². The second kappa shape index (κ2) is 5.58. The van der Waals surface area contributed by atoms with E-state index in [1.54, 1.807) is 11.0 Å². The Kier molecular flexibility index (Phi) is 4.04. The Morgan fingerprint density at radius 2 is 1.85 bits per heavy atom. The molecular weight excluding hydrogens is 282 g/mol. The average molecular weight is 298 g/mol. The van der Waals surface area contributed by atoms with Gasteiger partial charge in [-0.15, -0.1) is 0 Å². The third kappa shape index (κ3) is 2.80. The van der Waals surface area contributed by atoms with Crippen molar-refractivity contribution >= 4 is 34.9 Å². The standard InChI is InChI=1S/C13H16ClN3O3/c1-8(18)16-2-4-17(5-3-16)12-10(13(19)20)6-9(15)7-11(12)14/h6-7H,2-5,15H2,1H3,(H,19,20). The predicted molar refractivity (Wildman–Crippen MR) is 77.3 cm³/mol. The first-order chi connectivity index (χ1) is 9.40. The minimum atomic E-state index is -1.07. The number of rotatable bonds is 2. The van der Waals surface area contributed by atoms with Crippen molar-refractivity contribution in [1.82, 2.24) is 4.90 Å². The van der Waals surface area contributed by atoms with Gasteiger partial charge in [-0.2, -0.15) is 0 Å². The number of nitrogen functional groups attached to an aromatic ring is 1. The number of hydrogen-bond acceptors (Lipinski definition) is 4. The van der Waals surface area contributed by atoms with E-state index >= 15 is 0 Å². The summed E-state index contributed by atoms with van der Waals surface area (Å²) in [6.45, 7) is 3.71. The summed E-state index contributed by atoms with van der Waals surface area (Å²) in [5.41, 5.74) is 6.51. The predicted octanol–water partition coefficient (Wildman–Crippen LogP) is 1.29. The Hall–Kier alpha value is -1.95. The molecule has 1 aromatic carbocycles. The minimum Gasteiger partial charge on any atom is -0.478 e. The Balaban J connectivity index is 2.30. The molecule has 2 rings (SSSR count). The number of amides is 1. The topological polar surface area (TPSA) is 86.9 Å². The van der Waals surface area contributed by atoms with Crippen LogP contribution in [0.4, 0.5) is 11.4 Å². The fourth-order valence-corrected chi connectivity index (χ4v) is 2.70. The number of aromatic carboxylic acids is 1. The summed E-state index contributed by atoms with van der Waals surface area (Å²) in [5.74, 6) is -1.05. The number of carbonyl (C=O) groups excluding carboxylic acids is 1. The summed E-state index contributed by atoms with van der Waals surface area (Å²) in [5, 5.41) is 9.60. The molecule has 1 aromatic rings. The van der Waals surface area contributed by atoms with Gasteiger partial charge in [0.2, 0.25) is 5.91 Å². The molecule has 0 spiro atoms. The highest BCUT2D eigenvalue weighted by Gasteiger charge is 2.25. The number of nitrogens with zero attached hydrogens (tertiary/aromatic N) is 2. The summed E-state index contributed by atoms with van der Waals surface area (Å²) in [6.07, 6.45) is 0. The summed E-state index contributed by atoms with van der Waals surface area (Å²) < 4.78 is 0. The van der Waals surface area contributed by atoms with Crippen LogP contribution in [0.5, 0.6) is 0 Å². The molecule has 1 aliphatic heterocycles. The largest absolute Gasteiger partial charge is 0.478 e. The lowest BCUT2D eigenvalue weighted by molar-refractivity contribution is -0.129. The van der Waals surface area contributed by atoms with Crippen molar-refractivity contribution in [3.8, 4) is 0 Å². The highest BCUT2D eigenvalue weighted by Crippen LogP contribution is 2.33. The van der Waals surface area contributed by atoms with Gasteiger partial charge in [0.1, 0.15) is 0 Å². The monoisotopic (exact) mass is 297 g/mol. The van der Waals surface area contributed by atoms with Crippen molar-refractivity contribution < 1.29 is 14.7 Å². The van der Waals surface area contributed by atoms with E-state index < -0.39 is 5.97 Å². The van der Waals surface area contributed by atoms with Gasteiger partial charge in [0.25, 0.3) is 0 Å². The zero-order chi connectivity index (χ0) is 14.9. The number of nitrogens with two attached hydrogens (primary N) is 1. The molecule has 0 aromatic heterocycles. The number of carbonyl (C=O) groups is 2. The number of carboxylic acid groups (broad SMARTS) is 1. The molecule has 1 fully saturated rings. The molecule has 1 saturated heterocycles. The van der Waals surface area contributed by atoms with Gasteiger partial charge in [0.15, 0.2) is 0 Å². The van der Waals surface area contributed by atoms with E-state index in [4.69, 9.17) is 17.3 Å². The van der Waals surface area contributed by atoms with Gasteiger partial charge in [-0.3, -0.25) is 4.79 Å². The van der Waals surface area contributed by atoms with Gasteiger partial charge in [-0.05, 0) is 12.1 Å². The van der Waals surface area contributed by atoms with E-state index in [0.29, 0.717) is 42.6 Å². The maximum absolute atomic E-state index is 11.3. The summed E-state index contributed by atoms with van der Waals surface area (Å²) in [6, 6.07) is 2.95. The summed E-state index contributed by atoms with van der Waals surface area (Å²) in [7, 11) is 0. The van der Waals surface area contributed by atoms with Gasteiger partial charge < -0.3 is 20.6 Å². The minimum absolute atomic E-state index is 0.0199. The first-order valence-corrected chi connectivity index (χ1v) is 6.60. The molecular formula is C13H16ClN3O3. The third-order valence-corrected chi connectivity index (χ3v) is 3.65. The summed E-state index contributed by atoms with van der Waals surface area (Å²) in [4.78, 5) is 26.2. The Morgan fingerprint density at radius 3 is 2.35 bits per heavy atom. The van der Waals surface area contributed by atoms with Gasteiger partial charge >= 0.3 is 5.97 Å². The first kappa shape index (κ1) is 14.5. The van der Waals surface area contributed by atoms with E-state index in [2.05, 4.69) is 0 Å². The molecule has 1 aliphatic rings. The lowest BCUT2D eigenvalue weighted by atomic mass is 10.1. The molecule has 0 atom stereocenters. The van der Waals surface area contributed by atoms with Crippen molar-refractivity contribution in [2.45, 2.75) is 6.92 Å². The third-order valence-electron chi connectivity index (χ3n) is 3.36. The van der Waals surface area contributed by atoms with Crippen LogP contribution in [-0.2, 0) is 4.79 Å². The van der Waals surface area contributed by atoms with Gasteiger partial charge in [0.05, 0.1) is 16.3 Å². The van der Waals surface area contributed by atoms with E-state index in [1.165, 1.54) is 13.0 Å². The molecule has 0 saturated carbocycles. The van der Waals surface area contributed by atoms with Gasteiger partial charge in [-0.1, -0.05) is 11.6 Å². The normalized spacial score (nSPS) is 15.3. The number of piperazine rings is 1. The average Bonchev–Trinajstić information content (AvgIpc) is 2.37. The van der Waals surface area contributed by atoms with E-state index in [0.717, 1.165) is 0 Å². The smallest absolute Gasteiger partial charge is 0.337 e. The molecule has 6 nitrogen and oxygen atoms in total. The van der Waals surface area contributed by atoms with Crippen LogP contribution in [0.15, 0.2) is 12.1 Å². The van der Waals surface area contributed by atoms with E-state index in [1.807, 2.05) is 4.90 Å². The van der Waals surface area contributed by atoms with Crippen molar-refractivity contribution in [2.24, 2.45) is 0 Å². The van der Waals surface area contributed by atoms with Crippen LogP contribution in [-0.4, -0.2) is 48.1 Å². The SMILES string of the molecule is CC(=O)N1CCN(c2c(Cl)cc(N)cc2C(=O)O)CC1. The van der Waals surface area contributed by atoms with Gasteiger partial charge in [-0.25, -0.2) is 4.79 Å². The lowest BCUT2D eigenvalue weighted by Gasteiger charge is -2.36. The van der Waals surface area contributed by atoms with Crippen LogP contribution in [0, 0.1) is 0 Å². The molecule has 0 aliphatic carbocycles. The Labute approximate surface area is 121 Å². The highest BCUT2D eigenvalue weighted by molar-refractivity contribution is 6.34. The maximum Gasteiger partial charge on any atom is 0.337 e. The van der Waals surface area contributed by atoms with Crippen molar-refractivity contribution in [1.29, 1.82) is 0 Å². The van der Waals surface area contributed by atoms with Crippen LogP contribution in [0.25, 0.3) is 0 Å². The fraction of sp³-hybridized carbons (Fsp3) is 0.385. The van der Waals surface area contributed by atoms with E-state index in [-0.39, 0.29) is 11.5 Å². The molecule has 0 radical (unpaired) electrons. The first-order valence-electron chi connectivity index (χ1n) is 6.23. The zero-order valence-electron chi connectivity index (χ0n) is 11.1. The Bertz CT molecular complexity index is 554. The molecule has 1 amide bonds. The van der Waals surface area contributed by atoms with Crippen LogP contribution in [0.3, 0.4) is 0 Å². The number of anilines is 2. The lowest BCUT2D eigenvalue weighted by Crippen LogP contribution is -2.48. The van der Waals surface area contributed by atoms with Crippen LogP contribution in [0.2, 0.25) is 5.02 Å². The number of hydrogen-bond donors (Lipinski definition) is 2. The number of carboxylic acids is 1. The van der Waals surface area contributed by atoms with Crippen molar-refractivity contribution in [3.05, 3.63) is 22.7 Å². The molecule has 0 unspecified atom stereocenters. The second-order valence-corrected chi connectivity index (χ2v) is 5.10. The van der Waals surface area contributed by atoms with Crippen LogP contribution >= 0.6 is 11.6 Å². The molecule has 0 bridgehead atoms. The molecule has 1 heterocycles. The highest BCUT2D eigenvalue weighted by atomic mass is 35.5. The Morgan fingerprint density at radius 1 is 1.25 bits per heavy atom. The molecule has 7 heteroatoms. The van der Waals surface area contributed by atoms with Crippen LogP contribution < -0.4 is 10.6 Å². The second-order valence-electron chi connectivity index (χ2n) is 4.70. The number of benzene rings is 1. The number of halogens is 1. The van der Waals surface area contributed by atoms with Crippen LogP contribution in [0.1, 0.15) is 17.3 Å². The quantitative estimate of drug-likeness (QED) is 0.803. The van der Waals surface area contributed by atoms with E-state index in [9.17, 15) is 14.7 Å². The summed E-state index contributed by atoms with van der Waals surface area (Å²) >= 11 is 6.15. The molecule has 3 N–H and O–H groups in total. The zero-order valence-corrected chi connectivity index (χ0v) is 11.9. The fourth-order valence-electron chi connectivity index (χ4n) is 2.35. The molecule has 20 heavy (non-hydrogen) atoms. The van der Waals surface area contributed by atoms with Gasteiger partial charge in [0, 0.05) is 38.8 Å². The maximum atomic E-state index is 11.3. The van der Waals surface area contributed by atoms with Crippen molar-refractivity contribution in [3.63, 3.8) is 0 Å². The molecule has 108 valence electrons.